The Kier molecular flexibility index (Phi) is 44.3. The van der Waals surface area contributed by atoms with Crippen molar-refractivity contribution in [3.63, 3.8) is 0 Å². The molecule has 12 aliphatic rings. The van der Waals surface area contributed by atoms with E-state index in [2.05, 4.69) is 64.0 Å². The molecule has 7 heterocycles. The maximum atomic E-state index is 12.3. The number of carbonyl (C=O) groups is 11. The lowest BCUT2D eigenvalue weighted by Gasteiger charge is -2.39. The minimum absolute atomic E-state index is 0.0239. The summed E-state index contributed by atoms with van der Waals surface area (Å²) in [6.45, 7) is 65.2. The SMILES string of the molecule is CCC(C)(C)C(=O)OC(C)(C)C1CCC(C)CC1.CCC(C)(C)C(=O)OC(C)C(F)(F)F.CCC(C)(C)C(=O)OC(C)C(F)(F)F.CCC(C)(C)C(=O)OC1C(=O)OC2C3OC(C)(C)OC3OC12.CCC(C)(C)C(=O)OC1C(=O)O[C@@H]2[C@H]3OC4(CCCCC4)O[C@H]3O[C@H]12.CCC(C)(C)C(=O)OC1C2CC3C1OC(=O)C3(C#N)C2.CCC(C)(C)C(=O)OC1CCC(C(C)(C)C)CC1.CCCCOC(=O)C(C)(C)CC. The van der Waals surface area contributed by atoms with Crippen LogP contribution < -0.4 is 0 Å². The van der Waals surface area contributed by atoms with Gasteiger partial charge in [0.25, 0.3) is 0 Å². The molecule has 1 spiro atoms. The van der Waals surface area contributed by atoms with Crippen molar-refractivity contribution in [2.45, 2.75) is 524 Å². The summed E-state index contributed by atoms with van der Waals surface area (Å²) >= 11 is 0. The van der Waals surface area contributed by atoms with Crippen molar-refractivity contribution < 1.29 is 160 Å². The van der Waals surface area contributed by atoms with Crippen LogP contribution in [0.15, 0.2) is 0 Å². The van der Waals surface area contributed by atoms with E-state index >= 15 is 0 Å². The number of esters is 11. The fourth-order valence-electron chi connectivity index (χ4n) is 17.2. The van der Waals surface area contributed by atoms with E-state index in [1.165, 1.54) is 44.9 Å². The summed E-state index contributed by atoms with van der Waals surface area (Å²) in [6.07, 6.45) is 2.36. The molecule has 29 nitrogen and oxygen atoms in total. The first-order valence-corrected chi connectivity index (χ1v) is 52.3. The summed E-state index contributed by atoms with van der Waals surface area (Å²) in [7, 11) is 0. The Balaban J connectivity index is 0.000000291. The average Bonchev–Trinajstić information content (AvgIpc) is 1.52. The fourth-order valence-corrected chi connectivity index (χ4v) is 17.2. The van der Waals surface area contributed by atoms with Crippen LogP contribution in [0.3, 0.4) is 0 Å². The van der Waals surface area contributed by atoms with Crippen molar-refractivity contribution in [2.75, 3.05) is 6.61 Å². The second-order valence-electron chi connectivity index (χ2n) is 48.1. The summed E-state index contributed by atoms with van der Waals surface area (Å²) in [5, 5.41) is 9.31. The second kappa shape index (κ2) is 50.1. The van der Waals surface area contributed by atoms with E-state index in [0.717, 1.165) is 103 Å². The topological polar surface area (TPSA) is 368 Å². The third-order valence-corrected chi connectivity index (χ3v) is 31.8. The Morgan fingerprint density at radius 3 is 1.19 bits per heavy atom. The smallest absolute Gasteiger partial charge is 0.425 e. The first kappa shape index (κ1) is 126. The van der Waals surface area contributed by atoms with Gasteiger partial charge in [-0.15, -0.1) is 0 Å². The lowest BCUT2D eigenvalue weighted by atomic mass is 9.72. The van der Waals surface area contributed by atoms with Crippen molar-refractivity contribution in [1.29, 1.82) is 5.26 Å². The molecule has 17 atom stereocenters. The van der Waals surface area contributed by atoms with Gasteiger partial charge >= 0.3 is 78.0 Å². The minimum atomic E-state index is -4.49. The van der Waals surface area contributed by atoms with E-state index in [-0.39, 0.29) is 69.8 Å². The van der Waals surface area contributed by atoms with Crippen LogP contribution in [0, 0.1) is 95.1 Å². The molecule has 7 saturated heterocycles. The van der Waals surface area contributed by atoms with Crippen molar-refractivity contribution in [3.05, 3.63) is 0 Å². The summed E-state index contributed by atoms with van der Waals surface area (Å²) in [4.78, 5) is 131. The van der Waals surface area contributed by atoms with Gasteiger partial charge in [-0.1, -0.05) is 116 Å². The molecule has 7 aliphatic heterocycles. The number of fused-ring (bicyclic) bond motifs is 7. The Morgan fingerprint density at radius 1 is 0.427 bits per heavy atom. The predicted octanol–water partition coefficient (Wildman–Crippen LogP) is 22.7. The molecule has 12 rings (SSSR count). The number of unbranched alkanes of at least 4 members (excludes halogenated alkanes) is 1. The van der Waals surface area contributed by atoms with Crippen LogP contribution in [0.25, 0.3) is 0 Å². The monoisotopic (exact) mass is 2050 g/mol. The van der Waals surface area contributed by atoms with Crippen LogP contribution in [0.4, 0.5) is 26.3 Å². The zero-order valence-electron chi connectivity index (χ0n) is 92.6. The van der Waals surface area contributed by atoms with E-state index in [1.807, 2.05) is 96.9 Å². The molecule has 824 valence electrons. The molecule has 143 heavy (non-hydrogen) atoms. The lowest BCUT2D eigenvalue weighted by molar-refractivity contribution is -0.246. The van der Waals surface area contributed by atoms with E-state index < -0.39 is 178 Å². The quantitative estimate of drug-likeness (QED) is 0.0319. The number of alkyl halides is 6. The predicted molar refractivity (Wildman–Crippen MR) is 517 cm³/mol. The number of rotatable bonds is 27. The Hall–Kier alpha value is -7.00. The molecule has 2 bridgehead atoms. The number of carbonyl (C=O) groups excluding carboxylic acids is 11. The van der Waals surface area contributed by atoms with Crippen LogP contribution in [0.2, 0.25) is 0 Å². The van der Waals surface area contributed by atoms with E-state index in [1.54, 1.807) is 83.1 Å². The third-order valence-electron chi connectivity index (χ3n) is 31.8. The van der Waals surface area contributed by atoms with E-state index in [4.69, 9.17) is 71.1 Å². The van der Waals surface area contributed by atoms with Gasteiger partial charge in [0, 0.05) is 24.7 Å². The molecule has 0 aromatic heterocycles. The summed E-state index contributed by atoms with van der Waals surface area (Å²) in [5.74, 6) is -3.78. The summed E-state index contributed by atoms with van der Waals surface area (Å²) in [6, 6.07) is 2.15. The van der Waals surface area contributed by atoms with Gasteiger partial charge < -0.3 is 80.5 Å². The first-order chi connectivity index (χ1) is 65.5. The van der Waals surface area contributed by atoms with Gasteiger partial charge in [-0.3, -0.25) is 43.2 Å². The highest BCUT2D eigenvalue weighted by Gasteiger charge is 2.73. The van der Waals surface area contributed by atoms with Crippen LogP contribution in [-0.4, -0.2) is 194 Å². The van der Waals surface area contributed by atoms with Crippen molar-refractivity contribution in [3.8, 4) is 6.07 Å². The van der Waals surface area contributed by atoms with Crippen LogP contribution in [0.5, 0.6) is 0 Å². The van der Waals surface area contributed by atoms with Gasteiger partial charge in [-0.25, -0.2) is 9.59 Å². The molecule has 12 fully saturated rings. The number of hydrogen-bond donors (Lipinski definition) is 0. The molecule has 13 unspecified atom stereocenters. The molecule has 0 radical (unpaired) electrons. The number of nitriles is 1. The fraction of sp³-hybridized carbons (Fsp3) is 0.889. The minimum Gasteiger partial charge on any atom is -0.465 e. The highest BCUT2D eigenvalue weighted by molar-refractivity contribution is 5.87. The van der Waals surface area contributed by atoms with Gasteiger partial charge in [-0.2, -0.15) is 31.6 Å². The molecule has 0 N–H and O–H groups in total. The normalized spacial score (nSPS) is 29.1. The Labute approximate surface area is 847 Å². The maximum absolute atomic E-state index is 12.3. The van der Waals surface area contributed by atoms with Gasteiger partial charge in [-0.05, 0) is 297 Å². The largest absolute Gasteiger partial charge is 0.465 e. The molecule has 35 heteroatoms. The van der Waals surface area contributed by atoms with Gasteiger partial charge in [0.2, 0.25) is 12.2 Å². The Morgan fingerprint density at radius 2 is 0.797 bits per heavy atom. The maximum Gasteiger partial charge on any atom is 0.425 e. The highest BCUT2D eigenvalue weighted by Crippen LogP contribution is 2.63. The van der Waals surface area contributed by atoms with Crippen LogP contribution >= 0.6 is 0 Å². The van der Waals surface area contributed by atoms with E-state index in [9.17, 15) is 84.3 Å². The summed E-state index contributed by atoms with van der Waals surface area (Å²) < 4.78 is 165. The van der Waals surface area contributed by atoms with Crippen LogP contribution in [-0.2, 0) is 133 Å². The molecule has 0 aromatic carbocycles. The van der Waals surface area contributed by atoms with Gasteiger partial charge in [0.1, 0.15) is 36.1 Å². The number of ether oxygens (including phenoxy) is 17. The van der Waals surface area contributed by atoms with Crippen molar-refractivity contribution in [1.82, 2.24) is 0 Å². The highest BCUT2D eigenvalue weighted by atomic mass is 19.4. The molecular formula is C108H177F6NO28. The molecule has 5 aliphatic carbocycles. The number of nitrogens with zero attached hydrogens (tertiary/aromatic N) is 1. The zero-order chi connectivity index (χ0) is 110. The Bertz CT molecular complexity index is 4220. The standard InChI is InChI=1S/C18H26O7.2C16H30O2.C15H19NO4.C15H22O7.C10H20O2.2C9H15F3O2/c1-4-17(2,3)16(20)23-12-10-11(21-14(12)19)13-15(22-10)25-18(24-13)8-6-5-7-9-18;1-7-16(5,6)14(17)18-13-10-8-12(9-11-13)15(2,3)4;1-7-15(3,4)14(17)18-16(5,6)13-10-8-12(2)9-11-13;1-4-14(2,3)12(17)19-10-8-5-9-11(10)20-13(18)15(9,6-8)7-16;1-6-14(2,3)13(17)20-9-7-8(18-11(9)16)10-12(19-7)22-15(4,5)21-10;1-5-7-8-12-9(11)10(3,4)6-2;2*1-5-8(3,4)7(13)14-6(2)9(10,11)12/h10-13,15H,4-9H2,1-3H3;2*12-13H,7-11H2,1-6H3;8-11H,4-6H2,1-3H3;7-10,12H,6H2,1-5H3;5-8H2,1-4H3;2*6H,5H2,1-4H3/t10-,11-,12?,13+,15+;;;;;;;/m0......./s1. The average molecular weight is 2050 g/mol. The third kappa shape index (κ3) is 33.0. The van der Waals surface area contributed by atoms with Crippen LogP contribution in [0.1, 0.15) is 403 Å². The lowest BCUT2D eigenvalue weighted by Crippen LogP contribution is -2.42. The van der Waals surface area contributed by atoms with Gasteiger partial charge in [0.05, 0.1) is 56.0 Å². The molecule has 0 amide bonds. The molecule has 0 aromatic rings. The number of hydrogen-bond acceptors (Lipinski definition) is 29. The van der Waals surface area contributed by atoms with E-state index in [0.29, 0.717) is 56.5 Å². The number of halogens is 6. The second-order valence-corrected chi connectivity index (χ2v) is 48.1. The first-order valence-electron chi connectivity index (χ1n) is 52.3. The van der Waals surface area contributed by atoms with Crippen molar-refractivity contribution in [2.24, 2.45) is 83.7 Å². The van der Waals surface area contributed by atoms with Gasteiger partial charge in [0.15, 0.2) is 66.2 Å². The summed E-state index contributed by atoms with van der Waals surface area (Å²) in [5.41, 5.74) is -5.49. The zero-order valence-corrected chi connectivity index (χ0v) is 92.6. The molecular weight excluding hydrogens is 1870 g/mol. The molecule has 5 saturated carbocycles. The van der Waals surface area contributed by atoms with Crippen molar-refractivity contribution >= 4 is 65.7 Å².